The Morgan fingerprint density at radius 2 is 1.68 bits per heavy atom. The van der Waals surface area contributed by atoms with Crippen molar-refractivity contribution in [1.82, 2.24) is 15.1 Å². The third-order valence-corrected chi connectivity index (χ3v) is 11.4. The summed E-state index contributed by atoms with van der Waals surface area (Å²) in [6.07, 6.45) is -0.000468. The van der Waals surface area contributed by atoms with E-state index in [-0.39, 0.29) is 35.2 Å². The van der Waals surface area contributed by atoms with E-state index in [0.717, 1.165) is 4.90 Å². The van der Waals surface area contributed by atoms with Gasteiger partial charge in [0, 0.05) is 51.8 Å². The number of halogens is 3. The molecule has 222 valence electrons. The van der Waals surface area contributed by atoms with Crippen LogP contribution in [0.5, 0.6) is 0 Å². The highest BCUT2D eigenvalue weighted by molar-refractivity contribution is 7.92. The van der Waals surface area contributed by atoms with Gasteiger partial charge >= 0.3 is 0 Å². The Morgan fingerprint density at radius 1 is 1.02 bits per heavy atom. The van der Waals surface area contributed by atoms with Gasteiger partial charge in [-0.15, -0.1) is 0 Å². The Hall–Kier alpha value is -2.98. The van der Waals surface area contributed by atoms with Gasteiger partial charge in [-0.1, -0.05) is 11.6 Å². The number of carbonyl (C=O) groups excluding carboxylic acids is 3. The summed E-state index contributed by atoms with van der Waals surface area (Å²) < 4.78 is 55.4. The lowest BCUT2D eigenvalue weighted by Gasteiger charge is -2.35. The molecule has 2 aliphatic heterocycles. The number of anilines is 1. The van der Waals surface area contributed by atoms with Crippen molar-refractivity contribution < 1.29 is 31.6 Å². The van der Waals surface area contributed by atoms with Crippen molar-refractivity contribution in [2.24, 2.45) is 11.8 Å². The molecule has 0 aromatic heterocycles. The van der Waals surface area contributed by atoms with E-state index in [1.165, 1.54) is 13.0 Å². The van der Waals surface area contributed by atoms with Crippen LogP contribution in [0.1, 0.15) is 39.0 Å². The normalized spacial score (nSPS) is 26.9. The maximum absolute atomic E-state index is 13.9. The highest BCUT2D eigenvalue weighted by Crippen LogP contribution is 2.44. The monoisotopic (exact) mass is 611 g/mol. The maximum atomic E-state index is 13.9. The number of sulfone groups is 1. The third kappa shape index (κ3) is 5.86. The number of benzene rings is 1. The number of carbonyl (C=O) groups is 3. The Kier molecular flexibility index (Phi) is 7.70. The van der Waals surface area contributed by atoms with E-state index in [9.17, 15) is 36.8 Å². The number of rotatable bonds is 6. The SMILES string of the molecule is CC(=O)N1CCN(c2ccc(S(=O)(=O)[C@@H]3C[C@@H](C(=O)NC4(C#N)CC4)[C@H](C(=O)N4CCC(F)(F)C4)C3)c(Cl)c2)CC1. The van der Waals surface area contributed by atoms with Crippen molar-refractivity contribution >= 4 is 44.8 Å². The summed E-state index contributed by atoms with van der Waals surface area (Å²) in [6, 6.07) is 6.64. The first-order chi connectivity index (χ1) is 19.2. The van der Waals surface area contributed by atoms with Gasteiger partial charge < -0.3 is 20.0 Å². The molecule has 0 unspecified atom stereocenters. The molecule has 0 spiro atoms. The summed E-state index contributed by atoms with van der Waals surface area (Å²) in [5, 5.41) is 10.9. The molecule has 10 nitrogen and oxygen atoms in total. The second-order valence-corrected chi connectivity index (χ2v) is 14.1. The van der Waals surface area contributed by atoms with E-state index < -0.39 is 63.2 Å². The molecule has 41 heavy (non-hydrogen) atoms. The van der Waals surface area contributed by atoms with Crippen LogP contribution >= 0.6 is 11.6 Å². The number of nitrogens with one attached hydrogen (secondary N) is 1. The minimum absolute atomic E-state index is 0.00660. The topological polar surface area (TPSA) is 131 Å². The first-order valence-corrected chi connectivity index (χ1v) is 15.6. The molecule has 1 aromatic carbocycles. The van der Waals surface area contributed by atoms with Crippen LogP contribution in [-0.4, -0.2) is 91.9 Å². The summed E-state index contributed by atoms with van der Waals surface area (Å²) in [7, 11) is -4.12. The van der Waals surface area contributed by atoms with Crippen LogP contribution in [0.25, 0.3) is 0 Å². The highest BCUT2D eigenvalue weighted by atomic mass is 35.5. The number of nitriles is 1. The molecule has 3 amide bonds. The van der Waals surface area contributed by atoms with E-state index in [1.807, 2.05) is 11.0 Å². The maximum Gasteiger partial charge on any atom is 0.267 e. The van der Waals surface area contributed by atoms with Gasteiger partial charge in [-0.3, -0.25) is 14.4 Å². The van der Waals surface area contributed by atoms with Crippen molar-refractivity contribution in [2.75, 3.05) is 44.2 Å². The quantitative estimate of drug-likeness (QED) is 0.522. The molecule has 3 atom stereocenters. The van der Waals surface area contributed by atoms with Crippen LogP contribution in [0.3, 0.4) is 0 Å². The minimum atomic E-state index is -4.12. The van der Waals surface area contributed by atoms with E-state index in [1.54, 1.807) is 17.0 Å². The first-order valence-electron chi connectivity index (χ1n) is 13.7. The van der Waals surface area contributed by atoms with Gasteiger partial charge in [0.25, 0.3) is 5.92 Å². The molecule has 4 aliphatic rings. The Bertz CT molecular complexity index is 1400. The van der Waals surface area contributed by atoms with Gasteiger partial charge in [-0.2, -0.15) is 5.26 Å². The average Bonchev–Trinajstić information content (AvgIpc) is 3.37. The van der Waals surface area contributed by atoms with Gasteiger partial charge in [0.15, 0.2) is 9.84 Å². The number of alkyl halides is 2. The standard InChI is InChI=1S/C27H32ClF2N5O5S/c1-17(36)33-8-10-34(11-9-33)18-2-3-23(22(28)12-18)41(39,40)19-13-20(24(37)32-26(15-31)4-5-26)21(14-19)25(38)35-7-6-27(29,30)16-35/h2-3,12,19-21H,4-11,13-14,16H2,1H3,(H,32,37)/t19-,20-,21-/m1/s1. The van der Waals surface area contributed by atoms with Gasteiger partial charge in [-0.25, -0.2) is 17.2 Å². The van der Waals surface area contributed by atoms with Crippen LogP contribution in [-0.2, 0) is 24.2 Å². The Morgan fingerprint density at radius 3 is 2.22 bits per heavy atom. The number of hydrogen-bond donors (Lipinski definition) is 1. The van der Waals surface area contributed by atoms with Crippen molar-refractivity contribution in [2.45, 2.75) is 60.6 Å². The summed E-state index contributed by atoms with van der Waals surface area (Å²) in [5.74, 6) is -6.54. The van der Waals surface area contributed by atoms with Gasteiger partial charge in [0.2, 0.25) is 17.7 Å². The predicted molar refractivity (Wildman–Crippen MR) is 145 cm³/mol. The average molecular weight is 612 g/mol. The number of amides is 3. The van der Waals surface area contributed by atoms with Gasteiger partial charge in [0.1, 0.15) is 5.54 Å². The van der Waals surface area contributed by atoms with Crippen LogP contribution in [0.15, 0.2) is 23.1 Å². The molecule has 2 saturated carbocycles. The van der Waals surface area contributed by atoms with Gasteiger partial charge in [0.05, 0.1) is 39.6 Å². The first kappa shape index (κ1) is 29.5. The van der Waals surface area contributed by atoms with E-state index in [4.69, 9.17) is 11.6 Å². The Labute approximate surface area is 242 Å². The fourth-order valence-electron chi connectivity index (χ4n) is 6.06. The highest BCUT2D eigenvalue weighted by Gasteiger charge is 2.53. The van der Waals surface area contributed by atoms with E-state index in [2.05, 4.69) is 5.32 Å². The fraction of sp³-hybridized carbons (Fsp3) is 0.630. The smallest absolute Gasteiger partial charge is 0.267 e. The number of nitrogens with zero attached hydrogens (tertiary/aromatic N) is 4. The largest absolute Gasteiger partial charge is 0.368 e. The molecule has 1 aromatic rings. The lowest BCUT2D eigenvalue weighted by Crippen LogP contribution is -2.48. The number of likely N-dealkylation sites (tertiary alicyclic amines) is 1. The molecule has 0 radical (unpaired) electrons. The summed E-state index contributed by atoms with van der Waals surface area (Å²) in [5.41, 5.74) is -0.327. The molecule has 5 rings (SSSR count). The molecule has 2 aliphatic carbocycles. The molecule has 4 fully saturated rings. The lowest BCUT2D eigenvalue weighted by atomic mass is 9.93. The molecular formula is C27H32ClF2N5O5S. The zero-order chi connectivity index (χ0) is 29.7. The van der Waals surface area contributed by atoms with E-state index >= 15 is 0 Å². The predicted octanol–water partition coefficient (Wildman–Crippen LogP) is 2.22. The molecule has 14 heteroatoms. The molecule has 0 bridgehead atoms. The molecule has 2 saturated heterocycles. The van der Waals surface area contributed by atoms with Crippen LogP contribution in [0, 0.1) is 23.2 Å². The summed E-state index contributed by atoms with van der Waals surface area (Å²) in [6.45, 7) is 2.74. The lowest BCUT2D eigenvalue weighted by molar-refractivity contribution is -0.141. The second-order valence-electron chi connectivity index (χ2n) is 11.5. The molecular weight excluding hydrogens is 580 g/mol. The van der Waals surface area contributed by atoms with E-state index in [0.29, 0.717) is 44.7 Å². The van der Waals surface area contributed by atoms with Crippen LogP contribution in [0.2, 0.25) is 5.02 Å². The zero-order valence-corrected chi connectivity index (χ0v) is 24.2. The molecule has 2 heterocycles. The van der Waals surface area contributed by atoms with Crippen molar-refractivity contribution in [3.05, 3.63) is 23.2 Å². The van der Waals surface area contributed by atoms with Crippen LogP contribution in [0.4, 0.5) is 14.5 Å². The minimum Gasteiger partial charge on any atom is -0.368 e. The second kappa shape index (κ2) is 10.7. The van der Waals surface area contributed by atoms with Gasteiger partial charge in [-0.05, 0) is 43.9 Å². The van der Waals surface area contributed by atoms with Crippen molar-refractivity contribution in [1.29, 1.82) is 5.26 Å². The molecule has 1 N–H and O–H groups in total. The fourth-order valence-corrected chi connectivity index (χ4v) is 8.43. The summed E-state index contributed by atoms with van der Waals surface area (Å²) >= 11 is 6.49. The number of hydrogen-bond acceptors (Lipinski definition) is 7. The third-order valence-electron chi connectivity index (χ3n) is 8.73. The summed E-state index contributed by atoms with van der Waals surface area (Å²) in [4.78, 5) is 42.8. The Balaban J connectivity index is 1.36. The van der Waals surface area contributed by atoms with Crippen molar-refractivity contribution in [3.63, 3.8) is 0 Å². The zero-order valence-electron chi connectivity index (χ0n) is 22.6. The number of piperazine rings is 1. The van der Waals surface area contributed by atoms with Crippen LogP contribution < -0.4 is 10.2 Å². The van der Waals surface area contributed by atoms with Crippen molar-refractivity contribution in [3.8, 4) is 6.07 Å².